The Morgan fingerprint density at radius 3 is 1.17 bits per heavy atom. The largest absolute Gasteiger partial charge is 0.496 e. The van der Waals surface area contributed by atoms with E-state index in [1.54, 1.807) is 14.2 Å². The van der Waals surface area contributed by atoms with Crippen molar-refractivity contribution in [2.75, 3.05) is 25.7 Å². The monoisotopic (exact) mass is 742 g/mol. The number of aryl methyl sites for hydroxylation is 2. The highest BCUT2D eigenvalue weighted by Crippen LogP contribution is 2.31. The van der Waals surface area contributed by atoms with Gasteiger partial charge in [-0.15, -0.1) is 0 Å². The minimum atomic E-state index is 0.898. The van der Waals surface area contributed by atoms with Crippen LogP contribution in [-0.4, -0.2) is 25.7 Å². The summed E-state index contributed by atoms with van der Waals surface area (Å²) in [5, 5.41) is 7.14. The number of fused-ring (bicyclic) bond motifs is 4. The van der Waals surface area contributed by atoms with Crippen molar-refractivity contribution in [3.8, 4) is 11.5 Å². The molecule has 0 aliphatic heterocycles. The fourth-order valence-corrected chi connectivity index (χ4v) is 9.21. The topological polar surface area (TPSA) is 26.2 Å². The number of benzene rings is 6. The van der Waals surface area contributed by atoms with Crippen molar-refractivity contribution in [3.63, 3.8) is 0 Å². The van der Waals surface area contributed by atoms with E-state index in [1.165, 1.54) is 54.8 Å². The molecule has 0 radical (unpaired) electrons. The minimum absolute atomic E-state index is 0.898. The Bertz CT molecular complexity index is 2480. The van der Waals surface area contributed by atoms with E-state index in [-0.39, 0.29) is 0 Å². The van der Waals surface area contributed by atoms with Crippen LogP contribution in [0.15, 0.2) is 146 Å². The molecular weight excluding hydrogens is 701 g/mol. The molecule has 0 unspecified atom stereocenters. The zero-order valence-electron chi connectivity index (χ0n) is 30.5. The molecule has 0 saturated carbocycles. The van der Waals surface area contributed by atoms with Crippen LogP contribution in [0, 0.1) is 0 Å². The molecule has 0 amide bonds. The number of hydrogen-bond acceptors (Lipinski definition) is 4. The van der Waals surface area contributed by atoms with Crippen LogP contribution in [0.3, 0.4) is 0 Å². The Kier molecular flexibility index (Phi) is 10.9. The number of methoxy groups -OCH3 is 2. The van der Waals surface area contributed by atoms with E-state index < -0.39 is 0 Å². The number of ether oxygens (including phenoxy) is 2. The summed E-state index contributed by atoms with van der Waals surface area (Å²) in [4.78, 5) is 0. The average Bonchev–Trinajstić information content (AvgIpc) is 3.23. The Balaban J connectivity index is 0.904. The number of aromatic nitrogens is 2. The maximum Gasteiger partial charge on any atom is 0.213 e. The lowest BCUT2D eigenvalue weighted by Crippen LogP contribution is -2.36. The predicted octanol–water partition coefficient (Wildman–Crippen LogP) is 11.3. The number of rotatable bonds is 13. The van der Waals surface area contributed by atoms with Gasteiger partial charge in [-0.05, 0) is 57.3 Å². The maximum absolute atomic E-state index is 5.61. The van der Waals surface area contributed by atoms with E-state index in [9.17, 15) is 0 Å². The van der Waals surface area contributed by atoms with Crippen LogP contribution >= 0.6 is 21.6 Å². The molecule has 2 heterocycles. The molecule has 0 aliphatic rings. The van der Waals surface area contributed by atoms with Gasteiger partial charge in [-0.1, -0.05) is 131 Å². The van der Waals surface area contributed by atoms with Crippen LogP contribution in [0.4, 0.5) is 0 Å². The molecule has 4 nitrogen and oxygen atoms in total. The highest BCUT2D eigenvalue weighted by Gasteiger charge is 2.14. The Morgan fingerprint density at radius 1 is 0.407 bits per heavy atom. The highest BCUT2D eigenvalue weighted by molar-refractivity contribution is 8.76. The van der Waals surface area contributed by atoms with E-state index in [0.717, 1.165) is 46.9 Å². The van der Waals surface area contributed by atoms with Crippen LogP contribution in [-0.2, 0) is 13.1 Å². The number of para-hydroxylation sites is 2. The molecule has 54 heavy (non-hydrogen) atoms. The Morgan fingerprint density at radius 2 is 0.759 bits per heavy atom. The van der Waals surface area contributed by atoms with Gasteiger partial charge in [0.15, 0.2) is 25.5 Å². The minimum Gasteiger partial charge on any atom is -0.496 e. The molecule has 266 valence electrons. The highest BCUT2D eigenvalue weighted by atomic mass is 33.1. The first kappa shape index (κ1) is 35.5. The van der Waals surface area contributed by atoms with Crippen molar-refractivity contribution in [1.29, 1.82) is 0 Å². The van der Waals surface area contributed by atoms with E-state index in [0.29, 0.717) is 0 Å². The first-order valence-corrected chi connectivity index (χ1v) is 20.7. The van der Waals surface area contributed by atoms with E-state index >= 15 is 0 Å². The normalized spacial score (nSPS) is 11.8. The molecule has 0 spiro atoms. The predicted molar refractivity (Wildman–Crippen MR) is 232 cm³/mol. The van der Waals surface area contributed by atoms with Gasteiger partial charge in [0.25, 0.3) is 0 Å². The van der Waals surface area contributed by atoms with Gasteiger partial charge in [-0.25, -0.2) is 0 Å². The van der Waals surface area contributed by atoms with Crippen LogP contribution in [0.1, 0.15) is 22.3 Å². The lowest BCUT2D eigenvalue weighted by molar-refractivity contribution is -0.666. The number of nitrogens with zero attached hydrogens (tertiary/aromatic N) is 2. The van der Waals surface area contributed by atoms with Crippen molar-refractivity contribution in [3.05, 3.63) is 168 Å². The van der Waals surface area contributed by atoms with Crippen LogP contribution < -0.4 is 18.6 Å². The fraction of sp³-hybridized carbons (Fsp3) is 0.125. The molecule has 0 N–H and O–H groups in total. The molecule has 2 aromatic heterocycles. The molecule has 6 aromatic carbocycles. The second-order valence-corrected chi connectivity index (χ2v) is 15.8. The summed E-state index contributed by atoms with van der Waals surface area (Å²) in [5.74, 6) is 3.86. The van der Waals surface area contributed by atoms with Gasteiger partial charge in [-0.3, -0.25) is 0 Å². The van der Waals surface area contributed by atoms with Crippen molar-refractivity contribution >= 4 is 89.2 Å². The Labute approximate surface area is 324 Å². The lowest BCUT2D eigenvalue weighted by atomic mass is 10.0. The summed E-state index contributed by atoms with van der Waals surface area (Å²) < 4.78 is 16.0. The van der Waals surface area contributed by atoms with Gasteiger partial charge in [0.1, 0.15) is 11.5 Å². The molecule has 8 aromatic rings. The molecule has 0 aliphatic carbocycles. The van der Waals surface area contributed by atoms with Gasteiger partial charge in [0, 0.05) is 35.0 Å². The third-order valence-electron chi connectivity index (χ3n) is 9.99. The van der Waals surface area contributed by atoms with E-state index in [1.807, 2.05) is 21.6 Å². The third-order valence-corrected chi connectivity index (χ3v) is 12.4. The molecule has 0 fully saturated rings. The summed E-state index contributed by atoms with van der Waals surface area (Å²) in [6.45, 7) is 1.90. The van der Waals surface area contributed by atoms with Gasteiger partial charge in [0.2, 0.25) is 11.0 Å². The van der Waals surface area contributed by atoms with Gasteiger partial charge in [0.05, 0.1) is 36.5 Å². The first-order chi connectivity index (χ1) is 26.7. The maximum atomic E-state index is 5.61. The zero-order valence-corrected chi connectivity index (χ0v) is 32.2. The van der Waals surface area contributed by atoms with Crippen LogP contribution in [0.25, 0.3) is 67.7 Å². The van der Waals surface area contributed by atoms with Crippen molar-refractivity contribution < 1.29 is 18.6 Å². The summed E-state index contributed by atoms with van der Waals surface area (Å²) in [6, 6.07) is 47.1. The molecule has 8 rings (SSSR count). The first-order valence-electron chi connectivity index (χ1n) is 18.3. The molecule has 0 bridgehead atoms. The summed E-state index contributed by atoms with van der Waals surface area (Å²) in [5.41, 5.74) is 7.28. The van der Waals surface area contributed by atoms with E-state index in [4.69, 9.17) is 9.47 Å². The van der Waals surface area contributed by atoms with Crippen molar-refractivity contribution in [2.45, 2.75) is 13.1 Å². The second-order valence-electron chi connectivity index (χ2n) is 13.1. The average molecular weight is 743 g/mol. The van der Waals surface area contributed by atoms with Gasteiger partial charge < -0.3 is 9.47 Å². The molecule has 0 atom stereocenters. The van der Waals surface area contributed by atoms with Crippen molar-refractivity contribution in [1.82, 2.24) is 0 Å². The molecular formula is C48H42N2O2S2+2. The van der Waals surface area contributed by atoms with Crippen LogP contribution in [0.5, 0.6) is 11.5 Å². The summed E-state index contributed by atoms with van der Waals surface area (Å²) >= 11 is 0. The zero-order chi connectivity index (χ0) is 36.7. The van der Waals surface area contributed by atoms with Crippen molar-refractivity contribution in [2.24, 2.45) is 0 Å². The van der Waals surface area contributed by atoms with Gasteiger partial charge in [-0.2, -0.15) is 9.13 Å². The molecule has 6 heteroatoms. The molecule has 0 saturated heterocycles. The fourth-order valence-electron chi connectivity index (χ4n) is 7.28. The number of pyridine rings is 2. The quantitative estimate of drug-likeness (QED) is 0.0667. The van der Waals surface area contributed by atoms with E-state index in [2.05, 4.69) is 179 Å². The second kappa shape index (κ2) is 16.6. The summed E-state index contributed by atoms with van der Waals surface area (Å²) in [6.07, 6.45) is 13.4. The standard InChI is InChI=1S/C48H42N2O2S2/c1-51-47-25-23-35(39-11-3-5-15-43(39)47)19-21-37-27-29-49(45-17-9-7-13-41(37)45)31-33-53-54-34-32-50-30-28-38(42-14-8-10-18-46(42)50)22-20-36-24-26-48(52-2)44-16-6-4-12-40(36)44/h3-30H,31-34H2,1-2H3/q+2/b21-19+,22-20+. The summed E-state index contributed by atoms with van der Waals surface area (Å²) in [7, 11) is 7.35. The van der Waals surface area contributed by atoms with Crippen LogP contribution in [0.2, 0.25) is 0 Å². The Hall–Kier alpha value is -5.56. The lowest BCUT2D eigenvalue weighted by Gasteiger charge is -2.08. The smallest absolute Gasteiger partial charge is 0.213 e. The SMILES string of the molecule is COc1ccc(/C=C/c2cc[n+](CCSSCC[n+]3ccc(/C=C/c4ccc(OC)c5ccccc45)c4ccccc43)c3ccccc23)c2ccccc12. The third kappa shape index (κ3) is 7.45. The number of hydrogen-bond donors (Lipinski definition) is 0. The van der Waals surface area contributed by atoms with Gasteiger partial charge >= 0.3 is 0 Å².